The molecule has 23 heavy (non-hydrogen) atoms. The zero-order valence-electron chi connectivity index (χ0n) is 13.7. The molecule has 1 aliphatic carbocycles. The second-order valence-electron chi connectivity index (χ2n) is 6.06. The van der Waals surface area contributed by atoms with Crippen LogP contribution in [0.25, 0.3) is 0 Å². The smallest absolute Gasteiger partial charge is 0.545 e. The van der Waals surface area contributed by atoms with E-state index in [-0.39, 0.29) is 40.9 Å². The van der Waals surface area contributed by atoms with E-state index in [1.54, 1.807) is 6.07 Å². The predicted molar refractivity (Wildman–Crippen MR) is 82.1 cm³/mol. The molecule has 3 nitrogen and oxygen atoms in total. The molecule has 3 rings (SSSR count). The minimum absolute atomic E-state index is 0. The number of carbonyl (C=O) groups excluding carboxylic acids is 2. The van der Waals surface area contributed by atoms with Crippen LogP contribution in [0.3, 0.4) is 0 Å². The molecule has 0 saturated carbocycles. The molecule has 0 amide bonds. The molecule has 0 N–H and O–H groups in total. The summed E-state index contributed by atoms with van der Waals surface area (Å²) in [6, 6.07) is 10.7. The van der Waals surface area contributed by atoms with Gasteiger partial charge in [-0.3, -0.25) is 4.79 Å². The Hall–Kier alpha value is -1.42. The molecular formula is C19H17NaO3. The number of carbonyl (C=O) groups is 2. The Balaban J connectivity index is 0.00000192. The maximum absolute atomic E-state index is 12.9. The number of ketones is 1. The van der Waals surface area contributed by atoms with Crippen LogP contribution in [-0.4, -0.2) is 11.8 Å². The molecule has 0 bridgehead atoms. The van der Waals surface area contributed by atoms with E-state index >= 15 is 0 Å². The summed E-state index contributed by atoms with van der Waals surface area (Å²) in [5, 5.41) is 11.0. The van der Waals surface area contributed by atoms with E-state index in [0.717, 1.165) is 29.5 Å². The fourth-order valence-corrected chi connectivity index (χ4v) is 2.93. The van der Waals surface area contributed by atoms with E-state index in [0.29, 0.717) is 17.0 Å². The van der Waals surface area contributed by atoms with Crippen molar-refractivity contribution in [3.63, 3.8) is 0 Å². The van der Waals surface area contributed by atoms with Gasteiger partial charge in [-0.1, -0.05) is 38.1 Å². The van der Waals surface area contributed by atoms with Gasteiger partial charge >= 0.3 is 29.6 Å². The van der Waals surface area contributed by atoms with E-state index in [1.165, 1.54) is 12.1 Å². The standard InChI is InChI=1S/C19H18O3.Na/c1-11(2)14-7-5-12-3-4-13-6-8-15(19(21)22)10-17(13)18(20)16(12)9-14;/h5-11H,3-4H2,1-2H3,(H,21,22);/q;+1/p-1. The number of benzene rings is 2. The van der Waals surface area contributed by atoms with Gasteiger partial charge in [0.1, 0.15) is 0 Å². The summed E-state index contributed by atoms with van der Waals surface area (Å²) in [5.41, 5.74) is 4.28. The number of carboxylic acid groups (broad SMARTS) is 1. The quantitative estimate of drug-likeness (QED) is 0.703. The number of fused-ring (bicyclic) bond motifs is 2. The van der Waals surface area contributed by atoms with Gasteiger partial charge in [0.25, 0.3) is 0 Å². The molecular weight excluding hydrogens is 299 g/mol. The molecule has 0 aromatic heterocycles. The van der Waals surface area contributed by atoms with E-state index in [1.807, 2.05) is 12.1 Å². The van der Waals surface area contributed by atoms with Gasteiger partial charge in [-0.05, 0) is 53.1 Å². The maximum atomic E-state index is 12.9. The second-order valence-corrected chi connectivity index (χ2v) is 6.06. The van der Waals surface area contributed by atoms with Gasteiger partial charge in [0.15, 0.2) is 5.78 Å². The molecule has 0 aliphatic heterocycles. The monoisotopic (exact) mass is 316 g/mol. The number of aryl methyl sites for hydroxylation is 2. The first kappa shape index (κ1) is 17.9. The summed E-state index contributed by atoms with van der Waals surface area (Å²) in [6.07, 6.45) is 1.53. The van der Waals surface area contributed by atoms with Gasteiger partial charge in [-0.15, -0.1) is 0 Å². The molecule has 0 atom stereocenters. The minimum atomic E-state index is -1.25. The SMILES string of the molecule is CC(C)c1ccc2c(c1)C(=O)c1cc(C(=O)[O-])ccc1CC2.[Na+]. The van der Waals surface area contributed by atoms with Crippen LogP contribution in [0.1, 0.15) is 62.7 Å². The predicted octanol–water partition coefficient (Wildman–Crippen LogP) is -0.493. The van der Waals surface area contributed by atoms with E-state index in [9.17, 15) is 14.7 Å². The van der Waals surface area contributed by atoms with Crippen molar-refractivity contribution in [2.24, 2.45) is 0 Å². The average Bonchev–Trinajstić information content (AvgIpc) is 2.64. The third-order valence-corrected chi connectivity index (χ3v) is 4.30. The molecule has 0 unspecified atom stereocenters. The molecule has 4 heteroatoms. The molecule has 0 radical (unpaired) electrons. The van der Waals surface area contributed by atoms with Crippen molar-refractivity contribution in [1.29, 1.82) is 0 Å². The molecule has 2 aromatic rings. The van der Waals surface area contributed by atoms with Crippen molar-refractivity contribution in [2.45, 2.75) is 32.6 Å². The molecule has 0 fully saturated rings. The van der Waals surface area contributed by atoms with Crippen LogP contribution in [0.4, 0.5) is 0 Å². The van der Waals surface area contributed by atoms with Crippen molar-refractivity contribution in [1.82, 2.24) is 0 Å². The first-order valence-electron chi connectivity index (χ1n) is 7.49. The number of carboxylic acids is 1. The first-order chi connectivity index (χ1) is 10.5. The number of aromatic carboxylic acids is 1. The van der Waals surface area contributed by atoms with Crippen molar-refractivity contribution < 1.29 is 44.3 Å². The summed E-state index contributed by atoms with van der Waals surface area (Å²) in [6.45, 7) is 4.18. The van der Waals surface area contributed by atoms with Crippen LogP contribution >= 0.6 is 0 Å². The second kappa shape index (κ2) is 7.00. The molecule has 0 saturated heterocycles. The first-order valence-corrected chi connectivity index (χ1v) is 7.49. The van der Waals surface area contributed by atoms with Crippen molar-refractivity contribution in [2.75, 3.05) is 0 Å². The van der Waals surface area contributed by atoms with Crippen LogP contribution in [0.2, 0.25) is 0 Å². The van der Waals surface area contributed by atoms with E-state index in [2.05, 4.69) is 19.9 Å². The molecule has 112 valence electrons. The summed E-state index contributed by atoms with van der Waals surface area (Å²) >= 11 is 0. The normalized spacial score (nSPS) is 12.9. The number of hydrogen-bond acceptors (Lipinski definition) is 3. The Labute approximate surface area is 158 Å². The van der Waals surface area contributed by atoms with Gasteiger partial charge in [-0.25, -0.2) is 0 Å². The Kier molecular flexibility index (Phi) is 5.45. The van der Waals surface area contributed by atoms with Crippen LogP contribution in [-0.2, 0) is 12.8 Å². The Morgan fingerprint density at radius 2 is 1.57 bits per heavy atom. The van der Waals surface area contributed by atoms with Gasteiger partial charge in [0.2, 0.25) is 0 Å². The average molecular weight is 316 g/mol. The minimum Gasteiger partial charge on any atom is -0.545 e. The van der Waals surface area contributed by atoms with Gasteiger partial charge in [-0.2, -0.15) is 0 Å². The topological polar surface area (TPSA) is 57.2 Å². The largest absolute Gasteiger partial charge is 1.00 e. The van der Waals surface area contributed by atoms with Crippen LogP contribution < -0.4 is 34.7 Å². The number of rotatable bonds is 2. The Morgan fingerprint density at radius 1 is 1.00 bits per heavy atom. The summed E-state index contributed by atoms with van der Waals surface area (Å²) in [7, 11) is 0. The zero-order chi connectivity index (χ0) is 15.9. The van der Waals surface area contributed by atoms with Crippen LogP contribution in [0, 0.1) is 0 Å². The number of hydrogen-bond donors (Lipinski definition) is 0. The molecule has 1 aliphatic rings. The summed E-state index contributed by atoms with van der Waals surface area (Å²) in [5.74, 6) is -1.00. The third-order valence-electron chi connectivity index (χ3n) is 4.30. The fourth-order valence-electron chi connectivity index (χ4n) is 2.93. The summed E-state index contributed by atoms with van der Waals surface area (Å²) < 4.78 is 0. The fraction of sp³-hybridized carbons (Fsp3) is 0.263. The van der Waals surface area contributed by atoms with Crippen LogP contribution in [0.15, 0.2) is 36.4 Å². The van der Waals surface area contributed by atoms with Crippen molar-refractivity contribution in [3.8, 4) is 0 Å². The third kappa shape index (κ3) is 3.42. The van der Waals surface area contributed by atoms with Crippen molar-refractivity contribution >= 4 is 11.8 Å². The van der Waals surface area contributed by atoms with Crippen LogP contribution in [0.5, 0.6) is 0 Å². The van der Waals surface area contributed by atoms with Crippen molar-refractivity contribution in [3.05, 3.63) is 69.8 Å². The Bertz CT molecular complexity index is 778. The van der Waals surface area contributed by atoms with Gasteiger partial charge in [0.05, 0.1) is 5.97 Å². The van der Waals surface area contributed by atoms with E-state index in [4.69, 9.17) is 0 Å². The van der Waals surface area contributed by atoms with Gasteiger partial charge < -0.3 is 9.90 Å². The molecule has 0 heterocycles. The Morgan fingerprint density at radius 3 is 2.13 bits per heavy atom. The molecule has 0 spiro atoms. The maximum Gasteiger partial charge on any atom is 1.00 e. The van der Waals surface area contributed by atoms with Gasteiger partial charge in [0, 0.05) is 11.1 Å². The summed E-state index contributed by atoms with van der Waals surface area (Å²) in [4.78, 5) is 23.9. The molecule has 2 aromatic carbocycles. The van der Waals surface area contributed by atoms with E-state index < -0.39 is 5.97 Å². The zero-order valence-corrected chi connectivity index (χ0v) is 15.7.